The molecule has 7 heteroatoms. The summed E-state index contributed by atoms with van der Waals surface area (Å²) in [6.07, 6.45) is 3.24. The zero-order valence-corrected chi connectivity index (χ0v) is 12.2. The molecule has 0 aliphatic rings. The highest BCUT2D eigenvalue weighted by molar-refractivity contribution is 5.89. The number of nitrogens with zero attached hydrogens (tertiary/aromatic N) is 4. The second-order valence-corrected chi connectivity index (χ2v) is 5.06. The van der Waals surface area contributed by atoms with Gasteiger partial charge in [0.25, 0.3) is 0 Å². The van der Waals surface area contributed by atoms with E-state index in [2.05, 4.69) is 20.2 Å². The molecule has 4 aromatic rings. The summed E-state index contributed by atoms with van der Waals surface area (Å²) in [6, 6.07) is 11.8. The first-order valence-corrected chi connectivity index (χ1v) is 7.09. The van der Waals surface area contributed by atoms with Gasteiger partial charge in [-0.25, -0.2) is 4.79 Å². The molecule has 0 aliphatic heterocycles. The fraction of sp³-hybridized carbons (Fsp3) is 0. The van der Waals surface area contributed by atoms with E-state index in [0.29, 0.717) is 11.5 Å². The van der Waals surface area contributed by atoms with Crippen molar-refractivity contribution in [1.29, 1.82) is 0 Å². The Balaban J connectivity index is 1.73. The van der Waals surface area contributed by atoms with Crippen molar-refractivity contribution in [1.82, 2.24) is 20.2 Å². The van der Waals surface area contributed by atoms with E-state index >= 15 is 0 Å². The van der Waals surface area contributed by atoms with Crippen molar-refractivity contribution >= 4 is 17.0 Å². The number of benzene rings is 2. The highest BCUT2D eigenvalue weighted by atomic mass is 16.4. The molecule has 2 heterocycles. The third kappa shape index (κ3) is 2.48. The summed E-state index contributed by atoms with van der Waals surface area (Å²) in [6.45, 7) is 0. The summed E-state index contributed by atoms with van der Waals surface area (Å²) in [5, 5.41) is 17.1. The molecular formula is C17H10N4O3. The Labute approximate surface area is 135 Å². The topological polar surface area (TPSA) is 102 Å². The van der Waals surface area contributed by atoms with Crippen LogP contribution >= 0.6 is 0 Å². The Bertz CT molecular complexity index is 1060. The zero-order valence-electron chi connectivity index (χ0n) is 12.2. The van der Waals surface area contributed by atoms with E-state index in [1.165, 1.54) is 12.1 Å². The van der Waals surface area contributed by atoms with Crippen LogP contribution in [0.3, 0.4) is 0 Å². The molecule has 0 bridgehead atoms. The van der Waals surface area contributed by atoms with Gasteiger partial charge < -0.3 is 9.52 Å². The molecule has 0 saturated heterocycles. The molecule has 0 fully saturated rings. The van der Waals surface area contributed by atoms with Gasteiger partial charge in [0.05, 0.1) is 16.6 Å². The number of carbonyl (C=O) groups is 1. The minimum Gasteiger partial charge on any atom is -0.478 e. The third-order valence-electron chi connectivity index (χ3n) is 3.50. The number of rotatable bonds is 3. The Morgan fingerprint density at radius 3 is 2.33 bits per heavy atom. The number of hydrogen-bond acceptors (Lipinski definition) is 6. The van der Waals surface area contributed by atoms with Crippen LogP contribution < -0.4 is 0 Å². The molecule has 2 aromatic heterocycles. The number of aromatic nitrogens is 4. The Kier molecular flexibility index (Phi) is 3.24. The maximum absolute atomic E-state index is 11.1. The normalized spacial score (nSPS) is 10.8. The van der Waals surface area contributed by atoms with Crippen molar-refractivity contribution in [2.45, 2.75) is 0 Å². The SMILES string of the molecule is O=C(O)c1cccc(-c2nnc(-c3ccc4nccnc4c3)o2)c1. The second kappa shape index (κ2) is 5.54. The lowest BCUT2D eigenvalue weighted by Crippen LogP contribution is -1.95. The van der Waals surface area contributed by atoms with E-state index in [4.69, 9.17) is 9.52 Å². The van der Waals surface area contributed by atoms with Gasteiger partial charge in [-0.15, -0.1) is 10.2 Å². The number of fused-ring (bicyclic) bond motifs is 1. The smallest absolute Gasteiger partial charge is 0.335 e. The maximum atomic E-state index is 11.1. The molecule has 4 rings (SSSR count). The highest BCUT2D eigenvalue weighted by Crippen LogP contribution is 2.26. The van der Waals surface area contributed by atoms with Gasteiger partial charge in [-0.1, -0.05) is 6.07 Å². The van der Waals surface area contributed by atoms with E-state index in [-0.39, 0.29) is 11.5 Å². The van der Waals surface area contributed by atoms with Gasteiger partial charge in [0.1, 0.15) is 0 Å². The van der Waals surface area contributed by atoms with E-state index in [0.717, 1.165) is 16.6 Å². The summed E-state index contributed by atoms with van der Waals surface area (Å²) in [4.78, 5) is 19.5. The molecule has 0 atom stereocenters. The van der Waals surface area contributed by atoms with Crippen LogP contribution in [0.4, 0.5) is 0 Å². The molecular weight excluding hydrogens is 308 g/mol. The summed E-state index contributed by atoms with van der Waals surface area (Å²) >= 11 is 0. The molecule has 116 valence electrons. The predicted octanol–water partition coefficient (Wildman–Crippen LogP) is 3.05. The van der Waals surface area contributed by atoms with Crippen LogP contribution in [0.5, 0.6) is 0 Å². The number of hydrogen-bond donors (Lipinski definition) is 1. The summed E-state index contributed by atoms with van der Waals surface area (Å²) < 4.78 is 5.68. The van der Waals surface area contributed by atoms with Crippen molar-refractivity contribution in [3.8, 4) is 22.9 Å². The van der Waals surface area contributed by atoms with Crippen molar-refractivity contribution in [2.75, 3.05) is 0 Å². The lowest BCUT2D eigenvalue weighted by atomic mass is 10.1. The Morgan fingerprint density at radius 1 is 0.875 bits per heavy atom. The number of carboxylic acids is 1. The van der Waals surface area contributed by atoms with Crippen molar-refractivity contribution in [2.24, 2.45) is 0 Å². The second-order valence-electron chi connectivity index (χ2n) is 5.06. The van der Waals surface area contributed by atoms with Crippen LogP contribution in [0.25, 0.3) is 33.9 Å². The monoisotopic (exact) mass is 318 g/mol. The van der Waals surface area contributed by atoms with Crippen molar-refractivity contribution in [3.63, 3.8) is 0 Å². The van der Waals surface area contributed by atoms with E-state index in [1.54, 1.807) is 24.5 Å². The first-order valence-electron chi connectivity index (χ1n) is 7.09. The van der Waals surface area contributed by atoms with Crippen LogP contribution in [-0.4, -0.2) is 31.2 Å². The lowest BCUT2D eigenvalue weighted by Gasteiger charge is -1.99. The molecule has 0 saturated carbocycles. The zero-order chi connectivity index (χ0) is 16.5. The molecule has 0 unspecified atom stereocenters. The van der Waals surface area contributed by atoms with Gasteiger partial charge in [-0.2, -0.15) is 0 Å². The van der Waals surface area contributed by atoms with Gasteiger partial charge >= 0.3 is 5.97 Å². The molecule has 7 nitrogen and oxygen atoms in total. The Hall–Kier alpha value is -3.61. The van der Waals surface area contributed by atoms with Crippen LogP contribution in [0.15, 0.2) is 59.3 Å². The molecule has 24 heavy (non-hydrogen) atoms. The minimum absolute atomic E-state index is 0.160. The van der Waals surface area contributed by atoms with Gasteiger partial charge in [0.2, 0.25) is 11.8 Å². The van der Waals surface area contributed by atoms with Gasteiger partial charge in [0, 0.05) is 23.5 Å². The average molecular weight is 318 g/mol. The molecule has 0 aliphatic carbocycles. The highest BCUT2D eigenvalue weighted by Gasteiger charge is 2.13. The largest absolute Gasteiger partial charge is 0.478 e. The van der Waals surface area contributed by atoms with Crippen molar-refractivity contribution in [3.05, 3.63) is 60.4 Å². The Morgan fingerprint density at radius 2 is 1.58 bits per heavy atom. The maximum Gasteiger partial charge on any atom is 0.335 e. The third-order valence-corrected chi connectivity index (χ3v) is 3.50. The van der Waals surface area contributed by atoms with E-state index in [1.807, 2.05) is 18.2 Å². The van der Waals surface area contributed by atoms with Gasteiger partial charge in [-0.05, 0) is 36.4 Å². The van der Waals surface area contributed by atoms with E-state index in [9.17, 15) is 4.79 Å². The van der Waals surface area contributed by atoms with Crippen molar-refractivity contribution < 1.29 is 14.3 Å². The summed E-state index contributed by atoms with van der Waals surface area (Å²) in [5.41, 5.74) is 2.93. The minimum atomic E-state index is -1.01. The standard InChI is InChI=1S/C17H10N4O3/c22-17(23)12-3-1-2-10(8-12)15-20-21-16(24-15)11-4-5-13-14(9-11)19-7-6-18-13/h1-9H,(H,22,23). The average Bonchev–Trinajstić information content (AvgIpc) is 3.11. The van der Waals surface area contributed by atoms with Crippen LogP contribution in [0.2, 0.25) is 0 Å². The number of aromatic carboxylic acids is 1. The van der Waals surface area contributed by atoms with Gasteiger partial charge in [-0.3, -0.25) is 9.97 Å². The lowest BCUT2D eigenvalue weighted by molar-refractivity contribution is 0.0697. The van der Waals surface area contributed by atoms with Gasteiger partial charge in [0.15, 0.2) is 0 Å². The predicted molar refractivity (Wildman–Crippen MR) is 85.2 cm³/mol. The quantitative estimate of drug-likeness (QED) is 0.619. The summed E-state index contributed by atoms with van der Waals surface area (Å²) in [5.74, 6) is -0.421. The molecule has 0 amide bonds. The molecule has 0 radical (unpaired) electrons. The van der Waals surface area contributed by atoms with Crippen LogP contribution in [0.1, 0.15) is 10.4 Å². The molecule has 2 aromatic carbocycles. The van der Waals surface area contributed by atoms with E-state index < -0.39 is 5.97 Å². The van der Waals surface area contributed by atoms with Crippen LogP contribution in [-0.2, 0) is 0 Å². The fourth-order valence-corrected chi connectivity index (χ4v) is 2.34. The van der Waals surface area contributed by atoms with Crippen LogP contribution in [0, 0.1) is 0 Å². The first kappa shape index (κ1) is 14.0. The summed E-state index contributed by atoms with van der Waals surface area (Å²) in [7, 11) is 0. The first-order chi connectivity index (χ1) is 11.7. The fourth-order valence-electron chi connectivity index (χ4n) is 2.34. The molecule has 0 spiro atoms. The molecule has 1 N–H and O–H groups in total. The number of carboxylic acid groups (broad SMARTS) is 1.